The van der Waals surface area contributed by atoms with E-state index in [4.69, 9.17) is 35.1 Å². The molecule has 0 saturated heterocycles. The third kappa shape index (κ3) is 11.8. The lowest BCUT2D eigenvalue weighted by Gasteiger charge is -2.32. The number of nitrogens with zero attached hydrogens (tertiary/aromatic N) is 1. The molecule has 2 heterocycles. The van der Waals surface area contributed by atoms with Crippen LogP contribution in [0, 0.1) is 11.8 Å². The van der Waals surface area contributed by atoms with Gasteiger partial charge in [-0.05, 0) is 92.0 Å². The summed E-state index contributed by atoms with van der Waals surface area (Å²) in [5.41, 5.74) is 0.994. The Labute approximate surface area is 273 Å². The van der Waals surface area contributed by atoms with E-state index < -0.39 is 22.9 Å². The molecule has 9 nitrogen and oxygen atoms in total. The van der Waals surface area contributed by atoms with Crippen LogP contribution in [0.4, 0.5) is 0 Å². The third-order valence-corrected chi connectivity index (χ3v) is 13.2. The minimum absolute atomic E-state index is 0.123. The first-order valence-electron chi connectivity index (χ1n) is 14.1. The summed E-state index contributed by atoms with van der Waals surface area (Å²) in [5, 5.41) is -0.787. The second-order valence-corrected chi connectivity index (χ2v) is 17.5. The first kappa shape index (κ1) is 37.8. The number of hydrogen-bond acceptors (Lipinski definition) is 12. The van der Waals surface area contributed by atoms with E-state index in [1.807, 2.05) is 11.8 Å². The van der Waals surface area contributed by atoms with Crippen molar-refractivity contribution in [2.24, 2.45) is 0 Å². The van der Waals surface area contributed by atoms with Crippen molar-refractivity contribution in [1.29, 1.82) is 0 Å². The van der Waals surface area contributed by atoms with Crippen molar-refractivity contribution in [2.75, 3.05) is 39.8 Å². The first-order chi connectivity index (χ1) is 20.9. The highest BCUT2D eigenvalue weighted by atomic mass is 32.9. The van der Waals surface area contributed by atoms with Gasteiger partial charge in [-0.1, -0.05) is 31.1 Å². The van der Waals surface area contributed by atoms with Crippen LogP contribution in [0.15, 0.2) is 41.4 Å². The molecule has 0 amide bonds. The van der Waals surface area contributed by atoms with Crippen molar-refractivity contribution < 1.29 is 37.6 Å². The number of hydrogen-bond donors (Lipinski definition) is 0. The molecule has 1 unspecified atom stereocenters. The van der Waals surface area contributed by atoms with E-state index in [9.17, 15) is 14.4 Å². The van der Waals surface area contributed by atoms with Crippen LogP contribution in [0.2, 0.25) is 0 Å². The van der Waals surface area contributed by atoms with Gasteiger partial charge in [0.05, 0.1) is 31.8 Å². The Morgan fingerprint density at radius 1 is 1.02 bits per heavy atom. The van der Waals surface area contributed by atoms with Gasteiger partial charge in [0.2, 0.25) is 5.69 Å². The molecule has 1 atom stereocenters. The second kappa shape index (κ2) is 18.5. The largest absolute Gasteiger partial charge is 0.466 e. The van der Waals surface area contributed by atoms with Crippen LogP contribution in [0.25, 0.3) is 0 Å². The molecular formula is C31H40NO8PS3. The van der Waals surface area contributed by atoms with Gasteiger partial charge in [0.15, 0.2) is 0 Å². The Bertz CT molecular complexity index is 1380. The average molecular weight is 682 g/mol. The summed E-state index contributed by atoms with van der Waals surface area (Å²) in [4.78, 5) is 40.5. The standard InChI is InChI=1S/C21H21NO2S.C10H19O6PS2/c1-4-24-20(23)16-7-9-17(22-14-16)8-5-15-6-10-19-18(13-15)21(2,3)11-12-25-19;1-5-15-9(11)7-8(10(12)16-6-2)19-17(18,13-3)14-4/h6-7,9-10,13-14H,4,11-12H2,1-3H3;8H,5-7H2,1-4H3. The summed E-state index contributed by atoms with van der Waals surface area (Å²) < 4.78 is 24.9. The molecule has 0 fully saturated rings. The van der Waals surface area contributed by atoms with E-state index in [1.165, 1.54) is 43.0 Å². The number of rotatable bonds is 11. The zero-order valence-corrected chi connectivity index (χ0v) is 29.5. The van der Waals surface area contributed by atoms with Gasteiger partial charge < -0.3 is 23.3 Å². The van der Waals surface area contributed by atoms with Gasteiger partial charge in [0.25, 0.3) is 0 Å². The first-order valence-corrected chi connectivity index (χ1v) is 19.2. The minimum atomic E-state index is -2.65. The second-order valence-electron chi connectivity index (χ2n) is 9.76. The molecule has 0 N–H and O–H groups in total. The number of carbonyl (C=O) groups excluding carboxylic acids is 3. The van der Waals surface area contributed by atoms with Crippen LogP contribution in [0.3, 0.4) is 0 Å². The maximum atomic E-state index is 11.8. The number of fused-ring (bicyclic) bond motifs is 1. The van der Waals surface area contributed by atoms with Gasteiger partial charge in [-0.3, -0.25) is 9.59 Å². The number of esters is 3. The lowest BCUT2D eigenvalue weighted by atomic mass is 9.81. The van der Waals surface area contributed by atoms with Crippen molar-refractivity contribution in [3.63, 3.8) is 0 Å². The van der Waals surface area contributed by atoms with Gasteiger partial charge >= 0.3 is 17.9 Å². The molecule has 1 aromatic heterocycles. The lowest BCUT2D eigenvalue weighted by Crippen LogP contribution is -2.24. The van der Waals surface area contributed by atoms with Gasteiger partial charge in [0, 0.05) is 30.9 Å². The zero-order valence-electron chi connectivity index (χ0n) is 26.2. The molecule has 0 aliphatic carbocycles. The fourth-order valence-electron chi connectivity index (χ4n) is 3.84. The van der Waals surface area contributed by atoms with Crippen molar-refractivity contribution in [3.05, 3.63) is 58.9 Å². The van der Waals surface area contributed by atoms with E-state index in [0.717, 1.165) is 16.9 Å². The zero-order chi connectivity index (χ0) is 32.8. The molecule has 240 valence electrons. The highest BCUT2D eigenvalue weighted by molar-refractivity contribution is 8.68. The average Bonchev–Trinajstić information content (AvgIpc) is 3.00. The summed E-state index contributed by atoms with van der Waals surface area (Å²) in [5.74, 6) is 6.06. The predicted octanol–water partition coefficient (Wildman–Crippen LogP) is 6.55. The highest BCUT2D eigenvalue weighted by Gasteiger charge is 2.32. The van der Waals surface area contributed by atoms with Gasteiger partial charge in [-0.15, -0.1) is 11.8 Å². The Morgan fingerprint density at radius 2 is 1.70 bits per heavy atom. The van der Waals surface area contributed by atoms with Crippen molar-refractivity contribution in [2.45, 2.75) is 63.0 Å². The molecule has 0 bridgehead atoms. The van der Waals surface area contributed by atoms with Crippen LogP contribution in [-0.4, -0.2) is 67.9 Å². The molecule has 1 aromatic carbocycles. The van der Waals surface area contributed by atoms with Crippen LogP contribution >= 0.6 is 28.8 Å². The normalized spacial score (nSPS) is 14.0. The van der Waals surface area contributed by atoms with Crippen molar-refractivity contribution >= 4 is 58.6 Å². The number of thioether (sulfide) groups is 1. The van der Waals surface area contributed by atoms with Gasteiger partial charge in [0.1, 0.15) is 10.9 Å². The van der Waals surface area contributed by atoms with Crippen LogP contribution in [0.1, 0.15) is 74.6 Å². The quantitative estimate of drug-likeness (QED) is 0.111. The van der Waals surface area contributed by atoms with Crippen LogP contribution in [0.5, 0.6) is 0 Å². The number of carbonyl (C=O) groups is 3. The van der Waals surface area contributed by atoms with E-state index in [0.29, 0.717) is 17.9 Å². The molecule has 1 aliphatic heterocycles. The summed E-state index contributed by atoms with van der Waals surface area (Å²) in [6.45, 7) is 10.6. The molecule has 0 spiro atoms. The monoisotopic (exact) mass is 681 g/mol. The maximum Gasteiger partial charge on any atom is 0.339 e. The molecule has 2 aromatic rings. The Morgan fingerprint density at radius 3 is 2.30 bits per heavy atom. The third-order valence-electron chi connectivity index (χ3n) is 6.21. The number of aromatic nitrogens is 1. The summed E-state index contributed by atoms with van der Waals surface area (Å²) in [7, 11) is 2.81. The van der Waals surface area contributed by atoms with Crippen LogP contribution < -0.4 is 0 Å². The smallest absolute Gasteiger partial charge is 0.339 e. The summed E-state index contributed by atoms with van der Waals surface area (Å²) in [6.07, 6.45) is 2.56. The molecule has 44 heavy (non-hydrogen) atoms. The predicted molar refractivity (Wildman–Crippen MR) is 179 cm³/mol. The molecule has 1 aliphatic rings. The topological polar surface area (TPSA) is 110 Å². The van der Waals surface area contributed by atoms with E-state index in [1.54, 1.807) is 32.9 Å². The summed E-state index contributed by atoms with van der Waals surface area (Å²) in [6, 6.07) is 9.87. The molecule has 0 saturated carbocycles. The maximum absolute atomic E-state index is 11.8. The molecular weight excluding hydrogens is 642 g/mol. The molecule has 3 rings (SSSR count). The number of benzene rings is 1. The highest BCUT2D eigenvalue weighted by Crippen LogP contribution is 2.62. The lowest BCUT2D eigenvalue weighted by molar-refractivity contribution is -0.149. The van der Waals surface area contributed by atoms with E-state index in [2.05, 4.69) is 48.9 Å². The van der Waals surface area contributed by atoms with E-state index in [-0.39, 0.29) is 31.0 Å². The number of pyridine rings is 1. The minimum Gasteiger partial charge on any atom is -0.466 e. The van der Waals surface area contributed by atoms with Gasteiger partial charge in [-0.2, -0.15) is 0 Å². The van der Waals surface area contributed by atoms with Gasteiger partial charge in [-0.25, -0.2) is 9.78 Å². The fourth-order valence-corrected chi connectivity index (χ4v) is 9.19. The molecule has 0 radical (unpaired) electrons. The number of ether oxygens (including phenoxy) is 3. The SMILES string of the molecule is CCOC(=O)CC(SP(=S)(OC)OC)C(=O)OCC.CCOC(=O)c1ccc(C#Cc2ccc3c(c2)C(C)(C)CCS3)nc1. The van der Waals surface area contributed by atoms with Crippen LogP contribution in [-0.2, 0) is 50.1 Å². The molecule has 13 heteroatoms. The fraction of sp³-hybridized carbons (Fsp3) is 0.484. The Kier molecular flexibility index (Phi) is 15.9. The van der Waals surface area contributed by atoms with Crippen molar-refractivity contribution in [3.8, 4) is 11.8 Å². The Hall–Kier alpha value is -2.39. The van der Waals surface area contributed by atoms with Crippen molar-refractivity contribution in [1.82, 2.24) is 4.98 Å². The Balaban J connectivity index is 0.000000321. The summed E-state index contributed by atoms with van der Waals surface area (Å²) >= 11 is 8.09. The van der Waals surface area contributed by atoms with E-state index >= 15 is 0 Å².